The molecule has 0 saturated carbocycles. The Morgan fingerprint density at radius 2 is 1.91 bits per heavy atom. The van der Waals surface area contributed by atoms with E-state index in [4.69, 9.17) is 10.2 Å². The summed E-state index contributed by atoms with van der Waals surface area (Å²) in [4.78, 5) is 21.5. The van der Waals surface area contributed by atoms with Crippen molar-refractivity contribution in [2.24, 2.45) is 5.41 Å². The van der Waals surface area contributed by atoms with Gasteiger partial charge in [0.2, 0.25) is 5.91 Å². The number of amides is 1. The molecule has 1 rings (SSSR count). The van der Waals surface area contributed by atoms with Crippen LogP contribution >= 0.6 is 0 Å². The molecule has 0 aliphatic heterocycles. The summed E-state index contributed by atoms with van der Waals surface area (Å²) >= 11 is 0. The summed E-state index contributed by atoms with van der Waals surface area (Å²) < 4.78 is 25.9. The standard InChI is InChI=1S/C12H16N2O7S/c1-8-3-4-9(5-10(8)14(18)19)22(20,21)13-11(17)12(2,6-15)7-16/h3-5,15-16H,6-7H2,1-2H3,(H,13,17). The Bertz CT molecular complexity index is 695. The number of carbonyl (C=O) groups excluding carboxylic acids is 1. The molecule has 1 amide bonds. The van der Waals surface area contributed by atoms with Crippen LogP contribution < -0.4 is 4.72 Å². The van der Waals surface area contributed by atoms with Crippen LogP contribution in [0.4, 0.5) is 5.69 Å². The van der Waals surface area contributed by atoms with Crippen LogP contribution in [0.1, 0.15) is 12.5 Å². The number of nitrogens with one attached hydrogen (secondary N) is 1. The molecule has 0 heterocycles. The average molecular weight is 332 g/mol. The van der Waals surface area contributed by atoms with Gasteiger partial charge in [-0.2, -0.15) is 0 Å². The number of nitro groups is 1. The maximum atomic E-state index is 12.1. The molecular weight excluding hydrogens is 316 g/mol. The summed E-state index contributed by atoms with van der Waals surface area (Å²) in [6, 6.07) is 3.20. The van der Waals surface area contributed by atoms with E-state index in [0.717, 1.165) is 12.1 Å². The third kappa shape index (κ3) is 3.59. The van der Waals surface area contributed by atoms with Gasteiger partial charge in [0.15, 0.2) is 0 Å². The summed E-state index contributed by atoms with van der Waals surface area (Å²) in [5.74, 6) is -1.11. The lowest BCUT2D eigenvalue weighted by Crippen LogP contribution is -2.46. The van der Waals surface area contributed by atoms with Gasteiger partial charge in [-0.3, -0.25) is 14.9 Å². The monoisotopic (exact) mass is 332 g/mol. The molecule has 1 aromatic rings. The van der Waals surface area contributed by atoms with Gasteiger partial charge in [-0.25, -0.2) is 13.1 Å². The Hall–Kier alpha value is -2.04. The summed E-state index contributed by atoms with van der Waals surface area (Å²) in [7, 11) is -4.36. The quantitative estimate of drug-likeness (QED) is 0.478. The van der Waals surface area contributed by atoms with Crippen LogP contribution in [0.2, 0.25) is 0 Å². The molecule has 1 aromatic carbocycles. The Balaban J connectivity index is 3.18. The number of aryl methyl sites for hydroxylation is 1. The normalized spacial score (nSPS) is 12.0. The summed E-state index contributed by atoms with van der Waals surface area (Å²) in [5, 5.41) is 29.0. The van der Waals surface area contributed by atoms with Gasteiger partial charge in [0.05, 0.1) is 28.4 Å². The molecule has 9 nitrogen and oxygen atoms in total. The molecule has 10 heteroatoms. The first-order valence-electron chi connectivity index (χ1n) is 6.11. The topological polar surface area (TPSA) is 147 Å². The second-order valence-corrected chi connectivity index (χ2v) is 6.70. The molecule has 0 spiro atoms. The molecule has 0 aromatic heterocycles. The van der Waals surface area contributed by atoms with E-state index in [1.165, 1.54) is 19.9 Å². The third-order valence-corrected chi connectivity index (χ3v) is 4.49. The predicted octanol–water partition coefficient (Wildman–Crippen LogP) is -0.301. The van der Waals surface area contributed by atoms with Crippen molar-refractivity contribution in [1.29, 1.82) is 0 Å². The van der Waals surface area contributed by atoms with Gasteiger partial charge in [0.1, 0.15) is 0 Å². The fourth-order valence-electron chi connectivity index (χ4n) is 1.45. The number of hydrogen-bond donors (Lipinski definition) is 3. The fraction of sp³-hybridized carbons (Fsp3) is 0.417. The summed E-state index contributed by atoms with van der Waals surface area (Å²) in [6.07, 6.45) is 0. The molecule has 0 fully saturated rings. The lowest BCUT2D eigenvalue weighted by Gasteiger charge is -2.23. The van der Waals surface area contributed by atoms with Crippen molar-refractivity contribution < 1.29 is 28.3 Å². The van der Waals surface area contributed by atoms with Crippen molar-refractivity contribution in [2.45, 2.75) is 18.7 Å². The molecule has 0 saturated heterocycles. The number of rotatable bonds is 6. The van der Waals surface area contributed by atoms with Crippen LogP contribution in [-0.4, -0.2) is 42.7 Å². The SMILES string of the molecule is Cc1ccc(S(=O)(=O)NC(=O)C(C)(CO)CO)cc1[N+](=O)[O-]. The Morgan fingerprint density at radius 3 is 2.36 bits per heavy atom. The molecule has 3 N–H and O–H groups in total. The number of aliphatic hydroxyl groups excluding tert-OH is 2. The van der Waals surface area contributed by atoms with Crippen LogP contribution in [0.3, 0.4) is 0 Å². The van der Waals surface area contributed by atoms with Gasteiger partial charge < -0.3 is 10.2 Å². The molecule has 122 valence electrons. The Kier molecular flexibility index (Phi) is 5.22. The highest BCUT2D eigenvalue weighted by atomic mass is 32.2. The second kappa shape index (κ2) is 6.38. The van der Waals surface area contributed by atoms with Crippen molar-refractivity contribution in [1.82, 2.24) is 4.72 Å². The minimum Gasteiger partial charge on any atom is -0.395 e. The fourth-order valence-corrected chi connectivity index (χ4v) is 2.57. The lowest BCUT2D eigenvalue weighted by molar-refractivity contribution is -0.385. The summed E-state index contributed by atoms with van der Waals surface area (Å²) in [6.45, 7) is 1.09. The zero-order valence-electron chi connectivity index (χ0n) is 11.9. The molecule has 0 unspecified atom stereocenters. The maximum absolute atomic E-state index is 12.1. The van der Waals surface area contributed by atoms with Crippen molar-refractivity contribution in [3.05, 3.63) is 33.9 Å². The molecule has 0 aliphatic carbocycles. The lowest BCUT2D eigenvalue weighted by atomic mass is 9.92. The minimum absolute atomic E-state index is 0.269. The van der Waals surface area contributed by atoms with Crippen LogP contribution in [-0.2, 0) is 14.8 Å². The first-order chi connectivity index (χ1) is 10.1. The first-order valence-corrected chi connectivity index (χ1v) is 7.60. The maximum Gasteiger partial charge on any atom is 0.273 e. The van der Waals surface area contributed by atoms with E-state index >= 15 is 0 Å². The summed E-state index contributed by atoms with van der Waals surface area (Å²) in [5.41, 5.74) is -1.82. The van der Waals surface area contributed by atoms with Gasteiger partial charge in [-0.1, -0.05) is 6.07 Å². The molecule has 0 aliphatic rings. The highest BCUT2D eigenvalue weighted by Gasteiger charge is 2.35. The first kappa shape index (κ1) is 18.0. The molecule has 0 radical (unpaired) electrons. The van der Waals surface area contributed by atoms with E-state index in [2.05, 4.69) is 0 Å². The number of sulfonamides is 1. The highest BCUT2D eigenvalue weighted by molar-refractivity contribution is 7.90. The largest absolute Gasteiger partial charge is 0.395 e. The van der Waals surface area contributed by atoms with E-state index in [-0.39, 0.29) is 5.56 Å². The van der Waals surface area contributed by atoms with Gasteiger partial charge in [0, 0.05) is 11.6 Å². The highest BCUT2D eigenvalue weighted by Crippen LogP contribution is 2.23. The predicted molar refractivity (Wildman–Crippen MR) is 75.4 cm³/mol. The number of nitrogens with zero attached hydrogens (tertiary/aromatic N) is 1. The molecule has 0 atom stereocenters. The average Bonchev–Trinajstić information content (AvgIpc) is 2.45. The van der Waals surface area contributed by atoms with Gasteiger partial charge in [-0.15, -0.1) is 0 Å². The van der Waals surface area contributed by atoms with Crippen molar-refractivity contribution in [2.75, 3.05) is 13.2 Å². The van der Waals surface area contributed by atoms with Crippen LogP contribution in [0.5, 0.6) is 0 Å². The van der Waals surface area contributed by atoms with E-state index in [1.807, 2.05) is 0 Å². The van der Waals surface area contributed by atoms with E-state index < -0.39 is 50.1 Å². The molecule has 0 bridgehead atoms. The Labute approximate surface area is 126 Å². The third-order valence-electron chi connectivity index (χ3n) is 3.16. The van der Waals surface area contributed by atoms with Crippen LogP contribution in [0.15, 0.2) is 23.1 Å². The number of aliphatic hydroxyl groups is 2. The van der Waals surface area contributed by atoms with Crippen LogP contribution in [0, 0.1) is 22.5 Å². The van der Waals surface area contributed by atoms with E-state index in [0.29, 0.717) is 0 Å². The van der Waals surface area contributed by atoms with E-state index in [1.54, 1.807) is 4.72 Å². The zero-order valence-corrected chi connectivity index (χ0v) is 12.8. The molecule has 22 heavy (non-hydrogen) atoms. The zero-order chi connectivity index (χ0) is 17.1. The number of benzene rings is 1. The van der Waals surface area contributed by atoms with Crippen molar-refractivity contribution >= 4 is 21.6 Å². The number of carbonyl (C=O) groups is 1. The van der Waals surface area contributed by atoms with Gasteiger partial charge in [-0.05, 0) is 19.9 Å². The van der Waals surface area contributed by atoms with Gasteiger partial charge >= 0.3 is 0 Å². The smallest absolute Gasteiger partial charge is 0.273 e. The molecular formula is C12H16N2O7S. The second-order valence-electron chi connectivity index (χ2n) is 5.02. The van der Waals surface area contributed by atoms with E-state index in [9.17, 15) is 23.3 Å². The van der Waals surface area contributed by atoms with Crippen LogP contribution in [0.25, 0.3) is 0 Å². The number of nitro benzene ring substituents is 1. The van der Waals surface area contributed by atoms with Crippen molar-refractivity contribution in [3.8, 4) is 0 Å². The van der Waals surface area contributed by atoms with Crippen molar-refractivity contribution in [3.63, 3.8) is 0 Å². The van der Waals surface area contributed by atoms with Gasteiger partial charge in [0.25, 0.3) is 15.7 Å². The Morgan fingerprint density at radius 1 is 1.36 bits per heavy atom. The number of hydrogen-bond acceptors (Lipinski definition) is 7. The minimum atomic E-state index is -4.36.